The summed E-state index contributed by atoms with van der Waals surface area (Å²) in [5, 5.41) is 1.27. The number of ether oxygens (including phenoxy) is 9. The average molecular weight is 1150 g/mol. The molecule has 86 heavy (non-hydrogen) atoms. The number of nitrogens with zero attached hydrogens (tertiary/aromatic N) is 2. The maximum absolute atomic E-state index is 15.8. The first-order valence-corrected chi connectivity index (χ1v) is 29.0. The van der Waals surface area contributed by atoms with Crippen LogP contribution in [-0.2, 0) is 77.7 Å². The van der Waals surface area contributed by atoms with Gasteiger partial charge in [0.15, 0.2) is 17.7 Å². The van der Waals surface area contributed by atoms with E-state index in [-0.39, 0.29) is 57.5 Å². The van der Waals surface area contributed by atoms with Gasteiger partial charge in [-0.15, -0.1) is 0 Å². The molecule has 5 unspecified atom stereocenters. The number of aromatic nitrogens is 2. The molecule has 14 heteroatoms. The molecule has 0 spiro atoms. The molecular formula is C72H65N3O11. The van der Waals surface area contributed by atoms with Crippen molar-refractivity contribution in [3.63, 3.8) is 0 Å². The van der Waals surface area contributed by atoms with Gasteiger partial charge in [-0.3, -0.25) is 9.59 Å². The number of benzene rings is 8. The van der Waals surface area contributed by atoms with E-state index in [2.05, 4.69) is 4.98 Å². The van der Waals surface area contributed by atoms with Crippen LogP contribution in [0.5, 0.6) is 17.2 Å². The van der Waals surface area contributed by atoms with Crippen molar-refractivity contribution in [2.75, 3.05) is 13.3 Å². The Morgan fingerprint density at radius 3 is 1.52 bits per heavy atom. The van der Waals surface area contributed by atoms with Gasteiger partial charge in [0.25, 0.3) is 11.8 Å². The van der Waals surface area contributed by atoms with E-state index >= 15 is 9.59 Å². The van der Waals surface area contributed by atoms with Crippen LogP contribution in [0.15, 0.2) is 225 Å². The zero-order valence-corrected chi connectivity index (χ0v) is 47.8. The van der Waals surface area contributed by atoms with E-state index < -0.39 is 48.2 Å². The summed E-state index contributed by atoms with van der Waals surface area (Å²) in [6, 6.07) is 69.1. The molecule has 3 aliphatic rings. The highest BCUT2D eigenvalue weighted by Crippen LogP contribution is 2.48. The maximum Gasteiger partial charge on any atom is 0.264 e. The van der Waals surface area contributed by atoms with Crippen LogP contribution < -0.4 is 14.2 Å². The van der Waals surface area contributed by atoms with Crippen molar-refractivity contribution in [3.05, 3.63) is 269 Å². The van der Waals surface area contributed by atoms with Gasteiger partial charge in [0.05, 0.1) is 56.3 Å². The Morgan fingerprint density at radius 2 is 0.965 bits per heavy atom. The molecule has 10 aromatic rings. The zero-order chi connectivity index (χ0) is 58.4. The lowest BCUT2D eigenvalue weighted by molar-refractivity contribution is -0.289. The first-order chi connectivity index (χ1) is 42.2. The number of rotatable bonds is 23. The first kappa shape index (κ1) is 56.0. The molecule has 434 valence electrons. The molecule has 2 amide bonds. The Hall–Kier alpha value is -9.12. The average Bonchev–Trinajstić information content (AvgIpc) is 1.59. The summed E-state index contributed by atoms with van der Waals surface area (Å²) in [7, 11) is 0. The number of aromatic amines is 1. The monoisotopic (exact) mass is 1150 g/mol. The number of hydrogen-bond donors (Lipinski definition) is 1. The van der Waals surface area contributed by atoms with Crippen molar-refractivity contribution in [1.29, 1.82) is 0 Å². The van der Waals surface area contributed by atoms with Crippen LogP contribution in [0.1, 0.15) is 64.6 Å². The van der Waals surface area contributed by atoms with Crippen molar-refractivity contribution in [2.45, 2.75) is 89.9 Å². The SMILES string of the molecule is CC1(C)Oc2cc3[nH]cc(C4=C(c5cn(C6OC(COCc7ccccc7)C(OCc7ccccc7)C(OCc7ccccc7)C6OCc6ccccc6)c6ccc(OCc7ccccc7)cc56)C(=O)N(COCc5ccccc5)C4=O)c3cc2O1. The molecule has 0 saturated carbocycles. The summed E-state index contributed by atoms with van der Waals surface area (Å²) < 4.78 is 63.0. The van der Waals surface area contributed by atoms with Crippen LogP contribution in [0, 0.1) is 0 Å². The molecule has 5 heterocycles. The van der Waals surface area contributed by atoms with Crippen LogP contribution in [0.3, 0.4) is 0 Å². The largest absolute Gasteiger partial charge is 0.489 e. The van der Waals surface area contributed by atoms with Gasteiger partial charge in [-0.25, -0.2) is 4.90 Å². The van der Waals surface area contributed by atoms with Gasteiger partial charge in [-0.2, -0.15) is 0 Å². The molecule has 13 rings (SSSR count). The number of fused-ring (bicyclic) bond motifs is 3. The molecule has 0 radical (unpaired) electrons. The molecule has 1 saturated heterocycles. The molecule has 2 aromatic heterocycles. The van der Waals surface area contributed by atoms with Crippen molar-refractivity contribution in [2.24, 2.45) is 0 Å². The second-order valence-electron chi connectivity index (χ2n) is 22.2. The highest BCUT2D eigenvalue weighted by Gasteiger charge is 2.50. The van der Waals surface area contributed by atoms with Gasteiger partial charge in [0, 0.05) is 59.7 Å². The Labute approximate surface area is 499 Å². The van der Waals surface area contributed by atoms with Crippen molar-refractivity contribution in [3.8, 4) is 17.2 Å². The number of imide groups is 1. The first-order valence-electron chi connectivity index (χ1n) is 29.0. The topological polar surface area (TPSA) is 141 Å². The summed E-state index contributed by atoms with van der Waals surface area (Å²) in [4.78, 5) is 35.8. The lowest BCUT2D eigenvalue weighted by Crippen LogP contribution is -2.59. The minimum absolute atomic E-state index is 0.113. The number of carbonyl (C=O) groups excluding carboxylic acids is 2. The van der Waals surface area contributed by atoms with E-state index in [0.717, 1.165) is 33.4 Å². The number of carbonyl (C=O) groups is 2. The molecule has 1 fully saturated rings. The van der Waals surface area contributed by atoms with Gasteiger partial charge >= 0.3 is 0 Å². The fourth-order valence-electron chi connectivity index (χ4n) is 11.5. The van der Waals surface area contributed by atoms with E-state index in [1.165, 1.54) is 4.90 Å². The van der Waals surface area contributed by atoms with Crippen LogP contribution >= 0.6 is 0 Å². The number of hydrogen-bond acceptors (Lipinski definition) is 11. The van der Waals surface area contributed by atoms with Gasteiger partial charge in [-0.05, 0) is 57.6 Å². The second-order valence-corrected chi connectivity index (χ2v) is 22.2. The minimum Gasteiger partial charge on any atom is -0.489 e. The fraction of sp³-hybridized carbons (Fsp3) is 0.222. The fourth-order valence-corrected chi connectivity index (χ4v) is 11.5. The lowest BCUT2D eigenvalue weighted by atomic mass is 9.95. The highest BCUT2D eigenvalue weighted by atomic mass is 16.7. The quantitative estimate of drug-likeness (QED) is 0.0612. The van der Waals surface area contributed by atoms with E-state index in [9.17, 15) is 0 Å². The van der Waals surface area contributed by atoms with E-state index in [4.69, 9.17) is 42.6 Å². The Kier molecular flexibility index (Phi) is 16.4. The third-order valence-corrected chi connectivity index (χ3v) is 15.7. The highest BCUT2D eigenvalue weighted by molar-refractivity contribution is 6.50. The Bertz CT molecular complexity index is 3990. The molecule has 5 atom stereocenters. The maximum atomic E-state index is 15.8. The Morgan fingerprint density at radius 1 is 0.488 bits per heavy atom. The van der Waals surface area contributed by atoms with Crippen LogP contribution in [0.4, 0.5) is 0 Å². The van der Waals surface area contributed by atoms with Crippen LogP contribution in [0.25, 0.3) is 33.0 Å². The molecule has 14 nitrogen and oxygen atoms in total. The summed E-state index contributed by atoms with van der Waals surface area (Å²) in [5.41, 5.74) is 8.34. The third kappa shape index (κ3) is 12.2. The minimum atomic E-state index is -0.966. The smallest absolute Gasteiger partial charge is 0.264 e. The van der Waals surface area contributed by atoms with Crippen LogP contribution in [-0.4, -0.2) is 69.8 Å². The molecular weight excluding hydrogens is 1080 g/mol. The van der Waals surface area contributed by atoms with Crippen molar-refractivity contribution < 1.29 is 52.2 Å². The van der Waals surface area contributed by atoms with Gasteiger partial charge < -0.3 is 52.2 Å². The van der Waals surface area contributed by atoms with Gasteiger partial charge in [0.1, 0.15) is 43.5 Å². The summed E-state index contributed by atoms with van der Waals surface area (Å²) in [6.07, 6.45) is -0.445. The third-order valence-electron chi connectivity index (χ3n) is 15.7. The predicted molar refractivity (Wildman–Crippen MR) is 326 cm³/mol. The second kappa shape index (κ2) is 25.2. The molecule has 0 aliphatic carbocycles. The molecule has 0 bridgehead atoms. The van der Waals surface area contributed by atoms with E-state index in [0.29, 0.717) is 56.8 Å². The number of nitrogens with one attached hydrogen (secondary N) is 1. The van der Waals surface area contributed by atoms with Gasteiger partial charge in [0.2, 0.25) is 5.79 Å². The number of H-pyrrole nitrogens is 1. The number of amides is 2. The summed E-state index contributed by atoms with van der Waals surface area (Å²) in [5.74, 6) is -0.393. The van der Waals surface area contributed by atoms with Crippen molar-refractivity contribution in [1.82, 2.24) is 14.5 Å². The van der Waals surface area contributed by atoms with Crippen molar-refractivity contribution >= 4 is 44.8 Å². The standard InChI is InChI=1S/C72H65N3O11/c1-72(2)85-61-36-55-57(38-73-59(55)37-62(61)86-72)64-65(70(77)75(69(64)76)47-79-41-49-23-11-4-12-24-49)58-39-74(60-34-33-54(35-56(58)60)80-42-50-25-13-5-14-26-50)71-68(83-45-53-31-19-8-20-32-53)67(82-44-52-29-17-7-18-30-52)66(81-43-51-27-15-6-16-28-51)63(84-71)46-78-40-48-21-9-3-10-22-48/h3-39,63,66-68,71,73H,40-47H2,1-2H3. The Balaban J connectivity index is 0.984. The van der Waals surface area contributed by atoms with E-state index in [1.54, 1.807) is 6.20 Å². The molecule has 8 aromatic carbocycles. The zero-order valence-electron chi connectivity index (χ0n) is 47.8. The summed E-state index contributed by atoms with van der Waals surface area (Å²) in [6.45, 7) is 4.90. The molecule has 1 N–H and O–H groups in total. The lowest BCUT2D eigenvalue weighted by Gasteiger charge is -2.46. The van der Waals surface area contributed by atoms with E-state index in [1.807, 2.05) is 237 Å². The molecule has 3 aliphatic heterocycles. The normalized spacial score (nSPS) is 19.0. The van der Waals surface area contributed by atoms with Crippen LogP contribution in [0.2, 0.25) is 0 Å². The predicted octanol–water partition coefficient (Wildman–Crippen LogP) is 13.5. The van der Waals surface area contributed by atoms with Gasteiger partial charge in [-0.1, -0.05) is 182 Å². The summed E-state index contributed by atoms with van der Waals surface area (Å²) >= 11 is 0.